The Kier molecular flexibility index (Phi) is 4.23. The van der Waals surface area contributed by atoms with Gasteiger partial charge in [0.2, 0.25) is 0 Å². The summed E-state index contributed by atoms with van der Waals surface area (Å²) in [7, 11) is 2.38. The summed E-state index contributed by atoms with van der Waals surface area (Å²) in [6.07, 6.45) is 8.59. The van der Waals surface area contributed by atoms with Crippen molar-refractivity contribution >= 4 is 5.69 Å². The normalized spacial score (nSPS) is 29.5. The Bertz CT molecular complexity index is 828. The standard InChI is InChI=1S/C24H31N3/c1-16-7-10-22-20(13-16)21-14-19-5-4-6-23(26(19)3)24(21)27(22)12-11-18-9-8-17(2)25-15-18/h7-10,13,15,19,21,23-24H,4-6,11-12,14H2,1-3H3. The first kappa shape index (κ1) is 17.2. The van der Waals surface area contributed by atoms with Gasteiger partial charge in [0.05, 0.1) is 6.04 Å². The number of piperidine rings is 2. The molecule has 2 fully saturated rings. The van der Waals surface area contributed by atoms with Crippen LogP contribution in [0, 0.1) is 13.8 Å². The largest absolute Gasteiger partial charge is 0.366 e. The van der Waals surface area contributed by atoms with Crippen molar-refractivity contribution in [3.05, 3.63) is 58.9 Å². The summed E-state index contributed by atoms with van der Waals surface area (Å²) in [6, 6.07) is 13.7. The Morgan fingerprint density at radius 3 is 2.81 bits per heavy atom. The lowest BCUT2D eigenvalue weighted by molar-refractivity contribution is 0.0412. The van der Waals surface area contributed by atoms with E-state index in [0.29, 0.717) is 18.0 Å². The van der Waals surface area contributed by atoms with Gasteiger partial charge >= 0.3 is 0 Å². The van der Waals surface area contributed by atoms with Crippen molar-refractivity contribution in [1.82, 2.24) is 9.88 Å². The fourth-order valence-corrected chi connectivity index (χ4v) is 5.93. The molecule has 1 aromatic carbocycles. The molecule has 27 heavy (non-hydrogen) atoms. The molecule has 0 saturated carbocycles. The van der Waals surface area contributed by atoms with Crippen molar-refractivity contribution in [3.63, 3.8) is 0 Å². The fraction of sp³-hybridized carbons (Fsp3) is 0.542. The van der Waals surface area contributed by atoms with E-state index in [2.05, 4.69) is 72.2 Å². The number of benzene rings is 1. The van der Waals surface area contributed by atoms with Gasteiger partial charge in [0.15, 0.2) is 0 Å². The maximum atomic E-state index is 4.50. The van der Waals surface area contributed by atoms with Crippen LogP contribution in [0.25, 0.3) is 0 Å². The molecule has 4 atom stereocenters. The lowest BCUT2D eigenvalue weighted by atomic mass is 9.74. The van der Waals surface area contributed by atoms with Crippen LogP contribution in [0.4, 0.5) is 5.69 Å². The number of aryl methyl sites for hydroxylation is 2. The van der Waals surface area contributed by atoms with Gasteiger partial charge in [0, 0.05) is 42.1 Å². The van der Waals surface area contributed by atoms with Crippen LogP contribution in [0.5, 0.6) is 0 Å². The van der Waals surface area contributed by atoms with Crippen LogP contribution in [0.15, 0.2) is 36.5 Å². The minimum atomic E-state index is 0.641. The number of nitrogens with zero attached hydrogens (tertiary/aromatic N) is 3. The summed E-state index contributed by atoms with van der Waals surface area (Å²) in [5, 5.41) is 0. The number of hydrogen-bond donors (Lipinski definition) is 0. The van der Waals surface area contributed by atoms with E-state index in [-0.39, 0.29) is 0 Å². The SMILES string of the molecule is Cc1ccc2c(c1)C1CC3CCCC(C1N2CCc1ccc(C)nc1)N3C. The molecule has 3 aliphatic rings. The minimum absolute atomic E-state index is 0.641. The van der Waals surface area contributed by atoms with Crippen molar-refractivity contribution in [2.75, 3.05) is 18.5 Å². The zero-order valence-corrected chi connectivity index (χ0v) is 16.9. The molecule has 5 rings (SSSR count). The number of aromatic nitrogens is 1. The number of fused-ring (bicyclic) bond motifs is 6. The van der Waals surface area contributed by atoms with E-state index >= 15 is 0 Å². The zero-order valence-electron chi connectivity index (χ0n) is 16.9. The van der Waals surface area contributed by atoms with E-state index in [1.54, 1.807) is 5.56 Å². The van der Waals surface area contributed by atoms with Gasteiger partial charge in [-0.25, -0.2) is 0 Å². The van der Waals surface area contributed by atoms with Crippen molar-refractivity contribution in [2.45, 2.75) is 70.0 Å². The topological polar surface area (TPSA) is 19.4 Å². The smallest absolute Gasteiger partial charge is 0.0515 e. The van der Waals surface area contributed by atoms with E-state index in [9.17, 15) is 0 Å². The third-order valence-corrected chi connectivity index (χ3v) is 7.33. The first-order chi connectivity index (χ1) is 13.1. The monoisotopic (exact) mass is 361 g/mol. The van der Waals surface area contributed by atoms with Crippen LogP contribution in [0.3, 0.4) is 0 Å². The predicted molar refractivity (Wildman–Crippen MR) is 112 cm³/mol. The molecule has 4 unspecified atom stereocenters. The molecule has 142 valence electrons. The maximum absolute atomic E-state index is 4.50. The minimum Gasteiger partial charge on any atom is -0.366 e. The van der Waals surface area contributed by atoms with Gasteiger partial charge in [-0.3, -0.25) is 9.88 Å². The third-order valence-electron chi connectivity index (χ3n) is 7.33. The summed E-state index contributed by atoms with van der Waals surface area (Å²) >= 11 is 0. The zero-order chi connectivity index (χ0) is 18.5. The van der Waals surface area contributed by atoms with Crippen LogP contribution in [0.2, 0.25) is 0 Å². The number of pyridine rings is 1. The average Bonchev–Trinajstić information content (AvgIpc) is 2.94. The molecule has 0 spiro atoms. The molecular formula is C24H31N3. The Morgan fingerprint density at radius 1 is 1.11 bits per heavy atom. The second-order valence-corrected chi connectivity index (χ2v) is 8.96. The van der Waals surface area contributed by atoms with Crippen molar-refractivity contribution in [2.24, 2.45) is 0 Å². The summed E-state index contributed by atoms with van der Waals surface area (Å²) in [6.45, 7) is 5.40. The first-order valence-corrected chi connectivity index (χ1v) is 10.6. The lowest BCUT2D eigenvalue weighted by Gasteiger charge is -2.52. The van der Waals surface area contributed by atoms with Gasteiger partial charge in [-0.15, -0.1) is 0 Å². The summed E-state index contributed by atoms with van der Waals surface area (Å²) < 4.78 is 0. The highest BCUT2D eigenvalue weighted by molar-refractivity contribution is 5.64. The van der Waals surface area contributed by atoms with E-state index in [1.165, 1.54) is 42.5 Å². The van der Waals surface area contributed by atoms with Crippen LogP contribution >= 0.6 is 0 Å². The Hall–Kier alpha value is -1.87. The molecule has 0 radical (unpaired) electrons. The summed E-state index contributed by atoms with van der Waals surface area (Å²) in [5.74, 6) is 0.711. The molecule has 0 amide bonds. The van der Waals surface area contributed by atoms with E-state index in [0.717, 1.165) is 24.7 Å². The van der Waals surface area contributed by atoms with E-state index in [1.807, 2.05) is 0 Å². The Morgan fingerprint density at radius 2 is 2.00 bits per heavy atom. The highest BCUT2D eigenvalue weighted by atomic mass is 15.3. The maximum Gasteiger partial charge on any atom is 0.0515 e. The molecule has 4 heterocycles. The third kappa shape index (κ3) is 2.87. The molecule has 2 bridgehead atoms. The molecule has 2 aromatic rings. The number of likely N-dealkylation sites (N-methyl/N-ethyl adjacent to an activating group) is 1. The molecular weight excluding hydrogens is 330 g/mol. The number of rotatable bonds is 3. The first-order valence-electron chi connectivity index (χ1n) is 10.6. The molecule has 1 aromatic heterocycles. The van der Waals surface area contributed by atoms with Gasteiger partial charge < -0.3 is 4.90 Å². The van der Waals surface area contributed by atoms with Gasteiger partial charge in [-0.1, -0.05) is 30.2 Å². The Labute approximate surface area is 163 Å². The molecule has 0 aliphatic carbocycles. The van der Waals surface area contributed by atoms with Crippen LogP contribution < -0.4 is 4.90 Å². The molecule has 3 aliphatic heterocycles. The van der Waals surface area contributed by atoms with E-state index in [4.69, 9.17) is 0 Å². The van der Waals surface area contributed by atoms with Crippen molar-refractivity contribution < 1.29 is 0 Å². The van der Waals surface area contributed by atoms with Crippen LogP contribution in [-0.4, -0.2) is 41.6 Å². The van der Waals surface area contributed by atoms with Gasteiger partial charge in [0.1, 0.15) is 0 Å². The highest BCUT2D eigenvalue weighted by Gasteiger charge is 2.50. The van der Waals surface area contributed by atoms with Gasteiger partial charge in [0.25, 0.3) is 0 Å². The number of hydrogen-bond acceptors (Lipinski definition) is 3. The van der Waals surface area contributed by atoms with Crippen molar-refractivity contribution in [3.8, 4) is 0 Å². The summed E-state index contributed by atoms with van der Waals surface area (Å²) in [4.78, 5) is 9.96. The second kappa shape index (κ2) is 6.63. The lowest BCUT2D eigenvalue weighted by Crippen LogP contribution is -2.60. The molecule has 3 nitrogen and oxygen atoms in total. The van der Waals surface area contributed by atoms with Crippen LogP contribution in [0.1, 0.15) is 54.0 Å². The highest BCUT2D eigenvalue weighted by Crippen LogP contribution is 2.51. The molecule has 3 heteroatoms. The van der Waals surface area contributed by atoms with Gasteiger partial charge in [-0.05, 0) is 69.8 Å². The Balaban J connectivity index is 1.48. The number of anilines is 1. The van der Waals surface area contributed by atoms with Gasteiger partial charge in [-0.2, -0.15) is 0 Å². The fourth-order valence-electron chi connectivity index (χ4n) is 5.93. The predicted octanol–water partition coefficient (Wildman–Crippen LogP) is 4.47. The average molecular weight is 362 g/mol. The second-order valence-electron chi connectivity index (χ2n) is 8.96. The van der Waals surface area contributed by atoms with E-state index < -0.39 is 0 Å². The van der Waals surface area contributed by atoms with Crippen LogP contribution in [-0.2, 0) is 6.42 Å². The van der Waals surface area contributed by atoms with Crippen molar-refractivity contribution in [1.29, 1.82) is 0 Å². The quantitative estimate of drug-likeness (QED) is 0.804. The summed E-state index contributed by atoms with van der Waals surface area (Å²) in [5.41, 5.74) is 6.97. The molecule has 2 saturated heterocycles. The molecule has 0 N–H and O–H groups in total.